The Balaban J connectivity index is 2.10. The van der Waals surface area contributed by atoms with Gasteiger partial charge in [0.05, 0.1) is 29.0 Å². The van der Waals surface area contributed by atoms with Gasteiger partial charge in [0.1, 0.15) is 11.1 Å². The van der Waals surface area contributed by atoms with Gasteiger partial charge in [0, 0.05) is 5.56 Å². The number of anilines is 1. The summed E-state index contributed by atoms with van der Waals surface area (Å²) >= 11 is 0.503. The van der Waals surface area contributed by atoms with Crippen LogP contribution in [0, 0.1) is 6.92 Å². The molecule has 11 heteroatoms. The summed E-state index contributed by atoms with van der Waals surface area (Å²) < 4.78 is 64.5. The lowest BCUT2D eigenvalue weighted by molar-refractivity contribution is -0.129. The number of nitrogens with zero attached hydrogens (tertiary/aromatic N) is 2. The molecular weight excluding hydrogens is 355 g/mol. The SMILES string of the molecule is Cc1nn([C@@H]2CCS(=O)(=O)C2)c2c1[C@H](C(F)(F)F)SCC(=O)N2. The third-order valence-electron chi connectivity index (χ3n) is 3.88. The number of hydrogen-bond donors (Lipinski definition) is 1. The van der Waals surface area contributed by atoms with Gasteiger partial charge in [-0.15, -0.1) is 11.8 Å². The molecule has 0 radical (unpaired) electrons. The summed E-state index contributed by atoms with van der Waals surface area (Å²) in [6, 6.07) is -0.556. The number of hydrogen-bond acceptors (Lipinski definition) is 5. The second kappa shape index (κ2) is 5.40. The van der Waals surface area contributed by atoms with Crippen LogP contribution in [-0.2, 0) is 14.6 Å². The van der Waals surface area contributed by atoms with Crippen molar-refractivity contribution in [1.29, 1.82) is 0 Å². The Bertz CT molecular complexity index is 758. The van der Waals surface area contributed by atoms with E-state index >= 15 is 0 Å². The van der Waals surface area contributed by atoms with E-state index in [-0.39, 0.29) is 40.8 Å². The van der Waals surface area contributed by atoms with E-state index in [9.17, 15) is 26.4 Å². The average Bonchev–Trinajstić information content (AvgIpc) is 2.83. The number of aryl methyl sites for hydroxylation is 1. The number of nitrogens with one attached hydrogen (secondary N) is 1. The quantitative estimate of drug-likeness (QED) is 0.817. The van der Waals surface area contributed by atoms with Gasteiger partial charge < -0.3 is 5.32 Å². The zero-order chi connectivity index (χ0) is 17.0. The van der Waals surface area contributed by atoms with Crippen molar-refractivity contribution in [1.82, 2.24) is 9.78 Å². The van der Waals surface area contributed by atoms with Gasteiger partial charge in [-0.05, 0) is 13.3 Å². The second-order valence-corrected chi connectivity index (χ2v) is 8.95. The lowest BCUT2D eigenvalue weighted by Gasteiger charge is -2.18. The summed E-state index contributed by atoms with van der Waals surface area (Å²) in [4.78, 5) is 11.8. The molecule has 3 rings (SSSR count). The van der Waals surface area contributed by atoms with Gasteiger partial charge in [-0.2, -0.15) is 18.3 Å². The Morgan fingerprint density at radius 2 is 2.09 bits per heavy atom. The molecule has 23 heavy (non-hydrogen) atoms. The van der Waals surface area contributed by atoms with Gasteiger partial charge in [0.15, 0.2) is 9.84 Å². The van der Waals surface area contributed by atoms with Crippen LogP contribution in [0.3, 0.4) is 0 Å². The minimum atomic E-state index is -4.52. The number of fused-ring (bicyclic) bond motifs is 1. The maximum absolute atomic E-state index is 13.3. The Morgan fingerprint density at radius 3 is 2.65 bits per heavy atom. The molecule has 1 N–H and O–H groups in total. The molecule has 1 aromatic rings. The Morgan fingerprint density at radius 1 is 1.39 bits per heavy atom. The number of alkyl halides is 3. The summed E-state index contributed by atoms with van der Waals surface area (Å²) in [5.41, 5.74) is 0.0685. The minimum Gasteiger partial charge on any atom is -0.310 e. The first-order chi connectivity index (χ1) is 10.6. The molecule has 0 aromatic carbocycles. The van der Waals surface area contributed by atoms with Gasteiger partial charge in [0.25, 0.3) is 0 Å². The Hall–Kier alpha value is -1.23. The van der Waals surface area contributed by atoms with Crippen LogP contribution in [0.25, 0.3) is 0 Å². The van der Waals surface area contributed by atoms with E-state index in [0.29, 0.717) is 11.8 Å². The summed E-state index contributed by atoms with van der Waals surface area (Å²) in [7, 11) is -3.23. The molecule has 0 unspecified atom stereocenters. The topological polar surface area (TPSA) is 81.1 Å². The van der Waals surface area contributed by atoms with E-state index in [2.05, 4.69) is 10.4 Å². The number of rotatable bonds is 1. The molecule has 2 atom stereocenters. The van der Waals surface area contributed by atoms with Gasteiger partial charge >= 0.3 is 6.18 Å². The van der Waals surface area contributed by atoms with Crippen LogP contribution in [0.15, 0.2) is 0 Å². The molecule has 1 saturated heterocycles. The van der Waals surface area contributed by atoms with Crippen LogP contribution in [0.4, 0.5) is 19.0 Å². The Kier molecular flexibility index (Phi) is 3.90. The standard InChI is InChI=1S/C12H14F3N3O3S2/c1-6-9-10(12(13,14)15)22-4-8(19)16-11(9)18(17-6)7-2-3-23(20,21)5-7/h7,10H,2-5H2,1H3,(H,16,19)/t7-,10-/m1/s1. The molecule has 128 valence electrons. The van der Waals surface area contributed by atoms with Gasteiger partial charge in [-0.3, -0.25) is 4.79 Å². The molecular formula is C12H14F3N3O3S2. The molecule has 0 bridgehead atoms. The lowest BCUT2D eigenvalue weighted by atomic mass is 10.1. The van der Waals surface area contributed by atoms with Crippen molar-refractivity contribution in [3.05, 3.63) is 11.3 Å². The maximum Gasteiger partial charge on any atom is 0.404 e. The number of carbonyl (C=O) groups excluding carboxylic acids is 1. The third kappa shape index (κ3) is 3.08. The predicted octanol–water partition coefficient (Wildman–Crippen LogP) is 1.84. The van der Waals surface area contributed by atoms with Crippen molar-refractivity contribution in [3.63, 3.8) is 0 Å². The van der Waals surface area contributed by atoms with Crippen LogP contribution in [-0.4, -0.2) is 47.5 Å². The van der Waals surface area contributed by atoms with Gasteiger partial charge in [0.2, 0.25) is 5.91 Å². The van der Waals surface area contributed by atoms with Crippen molar-refractivity contribution < 1.29 is 26.4 Å². The highest BCUT2D eigenvalue weighted by molar-refractivity contribution is 8.00. The number of thioether (sulfide) groups is 1. The fourth-order valence-corrected chi connectivity index (χ4v) is 5.62. The highest BCUT2D eigenvalue weighted by Crippen LogP contribution is 2.49. The van der Waals surface area contributed by atoms with Crippen LogP contribution in [0.2, 0.25) is 0 Å². The number of sulfone groups is 1. The molecule has 2 aliphatic rings. The van der Waals surface area contributed by atoms with E-state index in [1.807, 2.05) is 0 Å². The molecule has 0 aliphatic carbocycles. The molecule has 1 aromatic heterocycles. The number of carbonyl (C=O) groups is 1. The Labute approximate surface area is 134 Å². The molecule has 1 fully saturated rings. The van der Waals surface area contributed by atoms with Crippen molar-refractivity contribution in [2.75, 3.05) is 22.6 Å². The third-order valence-corrected chi connectivity index (χ3v) is 6.90. The first-order valence-electron chi connectivity index (χ1n) is 6.86. The minimum absolute atomic E-state index is 0.0260. The highest BCUT2D eigenvalue weighted by atomic mass is 32.2. The van der Waals surface area contributed by atoms with E-state index in [1.165, 1.54) is 11.6 Å². The number of halogens is 3. The zero-order valence-corrected chi connectivity index (χ0v) is 13.7. The molecule has 0 saturated carbocycles. The first-order valence-corrected chi connectivity index (χ1v) is 9.73. The van der Waals surface area contributed by atoms with E-state index in [0.717, 1.165) is 0 Å². The number of amides is 1. The van der Waals surface area contributed by atoms with Crippen molar-refractivity contribution in [2.45, 2.75) is 30.8 Å². The summed E-state index contributed by atoms with van der Waals surface area (Å²) in [6.07, 6.45) is -4.25. The maximum atomic E-state index is 13.3. The summed E-state index contributed by atoms with van der Waals surface area (Å²) in [6.45, 7) is 1.44. The van der Waals surface area contributed by atoms with E-state index in [4.69, 9.17) is 0 Å². The fourth-order valence-electron chi connectivity index (χ4n) is 2.90. The van der Waals surface area contributed by atoms with Gasteiger partial charge in [-0.1, -0.05) is 0 Å². The van der Waals surface area contributed by atoms with E-state index < -0.39 is 33.2 Å². The van der Waals surface area contributed by atoms with Crippen LogP contribution in [0.5, 0.6) is 0 Å². The van der Waals surface area contributed by atoms with Crippen molar-refractivity contribution >= 4 is 33.3 Å². The van der Waals surface area contributed by atoms with Crippen molar-refractivity contribution in [3.8, 4) is 0 Å². The highest BCUT2D eigenvalue weighted by Gasteiger charge is 2.47. The van der Waals surface area contributed by atoms with Crippen LogP contribution >= 0.6 is 11.8 Å². The first kappa shape index (κ1) is 16.6. The van der Waals surface area contributed by atoms with Crippen LogP contribution in [0.1, 0.15) is 29.0 Å². The fraction of sp³-hybridized carbons (Fsp3) is 0.667. The number of aromatic nitrogens is 2. The molecule has 3 heterocycles. The monoisotopic (exact) mass is 369 g/mol. The predicted molar refractivity (Wildman–Crippen MR) is 79.2 cm³/mol. The smallest absolute Gasteiger partial charge is 0.310 e. The summed E-state index contributed by atoms with van der Waals surface area (Å²) in [5, 5.41) is 4.71. The van der Waals surface area contributed by atoms with Crippen LogP contribution < -0.4 is 5.32 Å². The zero-order valence-electron chi connectivity index (χ0n) is 12.1. The van der Waals surface area contributed by atoms with Crippen molar-refractivity contribution in [2.24, 2.45) is 0 Å². The van der Waals surface area contributed by atoms with Gasteiger partial charge in [-0.25, -0.2) is 13.1 Å². The molecule has 6 nitrogen and oxygen atoms in total. The molecule has 1 amide bonds. The van der Waals surface area contributed by atoms with E-state index in [1.54, 1.807) is 0 Å². The normalized spacial score (nSPS) is 27.4. The largest absolute Gasteiger partial charge is 0.404 e. The average molecular weight is 369 g/mol. The molecule has 0 spiro atoms. The summed E-state index contributed by atoms with van der Waals surface area (Å²) in [5.74, 6) is -1.11. The second-order valence-electron chi connectivity index (χ2n) is 5.63. The molecule has 2 aliphatic heterocycles. The lowest BCUT2D eigenvalue weighted by Crippen LogP contribution is -2.20.